The van der Waals surface area contributed by atoms with E-state index < -0.39 is 11.4 Å². The third kappa shape index (κ3) is 2.87. The fourth-order valence-electron chi connectivity index (χ4n) is 11.3. The second-order valence-electron chi connectivity index (χ2n) is 14.1. The van der Waals surface area contributed by atoms with Crippen LogP contribution in [0.15, 0.2) is 0 Å². The molecule has 5 saturated carbocycles. The van der Waals surface area contributed by atoms with Crippen molar-refractivity contribution in [1.29, 1.82) is 0 Å². The van der Waals surface area contributed by atoms with E-state index in [1.54, 1.807) is 6.92 Å². The van der Waals surface area contributed by atoms with Crippen LogP contribution in [0.1, 0.15) is 112 Å². The van der Waals surface area contributed by atoms with Crippen LogP contribution in [-0.2, 0) is 14.3 Å². The smallest absolute Gasteiger partial charge is 0.309 e. The third-order valence-corrected chi connectivity index (χ3v) is 13.0. The van der Waals surface area contributed by atoms with Crippen LogP contribution in [0.3, 0.4) is 0 Å². The molecule has 4 nitrogen and oxygen atoms in total. The normalized spacial score (nSPS) is 52.6. The highest BCUT2D eigenvalue weighted by atomic mass is 16.5. The van der Waals surface area contributed by atoms with Gasteiger partial charge >= 0.3 is 11.9 Å². The predicted molar refractivity (Wildman–Crippen MR) is 128 cm³/mol. The Morgan fingerprint density at radius 2 is 1.48 bits per heavy atom. The average molecular weight is 459 g/mol. The number of esters is 1. The summed E-state index contributed by atoms with van der Waals surface area (Å²) in [6, 6.07) is 0. The summed E-state index contributed by atoms with van der Waals surface area (Å²) in [6.45, 7) is 14.0. The minimum Gasteiger partial charge on any atom is -0.481 e. The summed E-state index contributed by atoms with van der Waals surface area (Å²) in [5, 5.41) is 10.3. The van der Waals surface area contributed by atoms with Gasteiger partial charge in [0.15, 0.2) is 0 Å². The van der Waals surface area contributed by atoms with E-state index in [9.17, 15) is 14.7 Å². The summed E-state index contributed by atoms with van der Waals surface area (Å²) < 4.78 is 5.85. The van der Waals surface area contributed by atoms with Crippen LogP contribution >= 0.6 is 0 Å². The molecular weight excluding hydrogens is 412 g/mol. The molecule has 5 aliphatic carbocycles. The van der Waals surface area contributed by atoms with Crippen molar-refractivity contribution in [2.45, 2.75) is 118 Å². The Morgan fingerprint density at radius 3 is 2.15 bits per heavy atom. The van der Waals surface area contributed by atoms with Crippen molar-refractivity contribution < 1.29 is 19.4 Å². The number of carboxylic acid groups (broad SMARTS) is 1. The standard InChI is InChI=1S/C29H46O4/c1-18(30)33-23-12-14-26(4)21(25(23,2)3)11-15-28(6)22(26)10-9-19-20-8-7-13-29(20,24(31)32)17-16-27(19,28)5/h19-23H,7-17H2,1-6H3,(H,31,32)/t19?,20?,21-,22+,23?,26?,27+,28?,29?/m0/s1. The average Bonchev–Trinajstić information content (AvgIpc) is 3.16. The van der Waals surface area contributed by atoms with Gasteiger partial charge in [0.05, 0.1) is 5.41 Å². The van der Waals surface area contributed by atoms with Crippen LogP contribution < -0.4 is 0 Å². The molecule has 0 aliphatic heterocycles. The van der Waals surface area contributed by atoms with Gasteiger partial charge in [-0.3, -0.25) is 9.59 Å². The maximum Gasteiger partial charge on any atom is 0.309 e. The number of fused-ring (bicyclic) bond motifs is 7. The molecule has 0 radical (unpaired) electrons. The summed E-state index contributed by atoms with van der Waals surface area (Å²) in [7, 11) is 0. The number of hydrogen-bond acceptors (Lipinski definition) is 3. The van der Waals surface area contributed by atoms with Crippen LogP contribution in [0.25, 0.3) is 0 Å². The molecule has 4 heteroatoms. The van der Waals surface area contributed by atoms with E-state index in [-0.39, 0.29) is 33.7 Å². The first-order valence-corrected chi connectivity index (χ1v) is 13.7. The number of carboxylic acids is 1. The summed E-state index contributed by atoms with van der Waals surface area (Å²) in [4.78, 5) is 24.3. The van der Waals surface area contributed by atoms with E-state index in [2.05, 4.69) is 34.6 Å². The Labute approximate surface area is 200 Å². The minimum atomic E-state index is -0.513. The molecule has 0 bridgehead atoms. The van der Waals surface area contributed by atoms with Crippen molar-refractivity contribution >= 4 is 11.9 Å². The molecule has 5 aliphatic rings. The predicted octanol–water partition coefficient (Wildman–Crippen LogP) is 6.86. The lowest BCUT2D eigenvalue weighted by Gasteiger charge is -2.72. The van der Waals surface area contributed by atoms with Gasteiger partial charge in [0.2, 0.25) is 0 Å². The summed E-state index contributed by atoms with van der Waals surface area (Å²) >= 11 is 0. The Kier molecular flexibility index (Phi) is 5.19. The molecule has 33 heavy (non-hydrogen) atoms. The zero-order valence-corrected chi connectivity index (χ0v) is 21.8. The Hall–Kier alpha value is -1.06. The van der Waals surface area contributed by atoms with Gasteiger partial charge in [0.1, 0.15) is 6.10 Å². The Morgan fingerprint density at radius 1 is 0.758 bits per heavy atom. The van der Waals surface area contributed by atoms with Gasteiger partial charge < -0.3 is 9.84 Å². The van der Waals surface area contributed by atoms with Crippen LogP contribution in [0.2, 0.25) is 0 Å². The molecule has 5 rings (SSSR count). The third-order valence-electron chi connectivity index (χ3n) is 13.0. The number of carbonyl (C=O) groups is 2. The first-order chi connectivity index (χ1) is 15.3. The zero-order chi connectivity index (χ0) is 24.0. The largest absolute Gasteiger partial charge is 0.481 e. The molecule has 0 amide bonds. The van der Waals surface area contributed by atoms with Crippen molar-refractivity contribution in [2.75, 3.05) is 0 Å². The lowest BCUT2D eigenvalue weighted by molar-refractivity contribution is -0.248. The van der Waals surface area contributed by atoms with Crippen molar-refractivity contribution in [2.24, 2.45) is 50.7 Å². The second-order valence-corrected chi connectivity index (χ2v) is 14.1. The van der Waals surface area contributed by atoms with Crippen LogP contribution in [0.5, 0.6) is 0 Å². The monoisotopic (exact) mass is 458 g/mol. The fourth-order valence-corrected chi connectivity index (χ4v) is 11.3. The number of hydrogen-bond donors (Lipinski definition) is 1. The summed E-state index contributed by atoms with van der Waals surface area (Å²) in [5.74, 6) is 1.49. The van der Waals surface area contributed by atoms with E-state index in [0.29, 0.717) is 23.7 Å². The highest BCUT2D eigenvalue weighted by Crippen LogP contribution is 2.76. The number of ether oxygens (including phenoxy) is 1. The molecule has 0 aromatic carbocycles. The topological polar surface area (TPSA) is 63.6 Å². The lowest BCUT2D eigenvalue weighted by Crippen LogP contribution is -2.66. The first kappa shape index (κ1) is 23.7. The summed E-state index contributed by atoms with van der Waals surface area (Å²) in [5.41, 5.74) is 0.304. The zero-order valence-electron chi connectivity index (χ0n) is 21.8. The highest BCUT2D eigenvalue weighted by Gasteiger charge is 2.71. The van der Waals surface area contributed by atoms with E-state index >= 15 is 0 Å². The Balaban J connectivity index is 1.49. The fraction of sp³-hybridized carbons (Fsp3) is 0.931. The molecule has 186 valence electrons. The summed E-state index contributed by atoms with van der Waals surface area (Å²) in [6.07, 6.45) is 12.1. The highest BCUT2D eigenvalue weighted by molar-refractivity contribution is 5.76. The van der Waals surface area contributed by atoms with E-state index in [1.165, 1.54) is 25.7 Å². The van der Waals surface area contributed by atoms with Crippen LogP contribution in [0, 0.1) is 50.7 Å². The van der Waals surface area contributed by atoms with Crippen molar-refractivity contribution in [3.63, 3.8) is 0 Å². The molecule has 6 unspecified atom stereocenters. The first-order valence-electron chi connectivity index (χ1n) is 13.7. The van der Waals surface area contributed by atoms with Gasteiger partial charge in [-0.15, -0.1) is 0 Å². The molecule has 0 heterocycles. The van der Waals surface area contributed by atoms with E-state index in [0.717, 1.165) is 44.9 Å². The van der Waals surface area contributed by atoms with Gasteiger partial charge in [0, 0.05) is 12.3 Å². The van der Waals surface area contributed by atoms with Crippen LogP contribution in [0.4, 0.5) is 0 Å². The van der Waals surface area contributed by atoms with Crippen LogP contribution in [-0.4, -0.2) is 23.1 Å². The van der Waals surface area contributed by atoms with Crippen molar-refractivity contribution in [1.82, 2.24) is 0 Å². The maximum atomic E-state index is 12.5. The lowest BCUT2D eigenvalue weighted by atomic mass is 9.32. The molecule has 5 fully saturated rings. The SMILES string of the molecule is CC(=O)OC1CCC2(C)[C@H]3CCC4C5CCCC5(C(=O)O)CC[C@@]4(C)C3(C)CC[C@H]2C1(C)C. The van der Waals surface area contributed by atoms with Gasteiger partial charge in [-0.05, 0) is 104 Å². The van der Waals surface area contributed by atoms with Gasteiger partial charge in [-0.25, -0.2) is 0 Å². The maximum absolute atomic E-state index is 12.5. The van der Waals surface area contributed by atoms with Gasteiger partial charge in [-0.1, -0.05) is 41.0 Å². The van der Waals surface area contributed by atoms with Gasteiger partial charge in [-0.2, -0.15) is 0 Å². The molecule has 0 spiro atoms. The van der Waals surface area contributed by atoms with E-state index in [4.69, 9.17) is 4.74 Å². The number of carbonyl (C=O) groups excluding carboxylic acids is 1. The molecule has 0 aromatic rings. The van der Waals surface area contributed by atoms with E-state index in [1.807, 2.05) is 0 Å². The van der Waals surface area contributed by atoms with Crippen molar-refractivity contribution in [3.05, 3.63) is 0 Å². The molecule has 9 atom stereocenters. The molecule has 0 saturated heterocycles. The minimum absolute atomic E-state index is 0.00572. The molecule has 0 aromatic heterocycles. The second kappa shape index (κ2) is 7.23. The Bertz CT molecular complexity index is 849. The van der Waals surface area contributed by atoms with Crippen molar-refractivity contribution in [3.8, 4) is 0 Å². The molecule has 1 N–H and O–H groups in total. The molecular formula is C29H46O4. The quantitative estimate of drug-likeness (QED) is 0.459. The number of rotatable bonds is 2. The number of aliphatic carboxylic acids is 1. The van der Waals surface area contributed by atoms with Gasteiger partial charge in [0.25, 0.3) is 0 Å².